The summed E-state index contributed by atoms with van der Waals surface area (Å²) in [6.45, 7) is 3.04. The number of nitrogens with one attached hydrogen (secondary N) is 1. The lowest BCUT2D eigenvalue weighted by atomic mass is 10.1. The summed E-state index contributed by atoms with van der Waals surface area (Å²) in [6, 6.07) is 16.8. The molecular weight excluding hydrogens is 340 g/mol. The van der Waals surface area contributed by atoms with Gasteiger partial charge in [0.1, 0.15) is 11.6 Å². The van der Waals surface area contributed by atoms with Crippen molar-refractivity contribution in [1.29, 1.82) is 5.26 Å². The van der Waals surface area contributed by atoms with Gasteiger partial charge in [0.2, 0.25) is 0 Å². The number of benzene rings is 2. The van der Waals surface area contributed by atoms with Crippen molar-refractivity contribution >= 4 is 12.0 Å². The van der Waals surface area contributed by atoms with Crippen LogP contribution in [0.2, 0.25) is 0 Å². The van der Waals surface area contributed by atoms with Crippen molar-refractivity contribution in [2.45, 2.75) is 26.3 Å². The van der Waals surface area contributed by atoms with E-state index in [4.69, 9.17) is 9.47 Å². The maximum Gasteiger partial charge on any atom is 0.262 e. The molecule has 27 heavy (non-hydrogen) atoms. The zero-order valence-electron chi connectivity index (χ0n) is 15.7. The van der Waals surface area contributed by atoms with E-state index in [9.17, 15) is 10.1 Å². The maximum absolute atomic E-state index is 12.3. The third kappa shape index (κ3) is 6.19. The molecule has 140 valence electrons. The van der Waals surface area contributed by atoms with Gasteiger partial charge in [-0.05, 0) is 35.8 Å². The number of unbranched alkanes of at least 4 members (excludes halogenated alkanes) is 1. The predicted octanol–water partition coefficient (Wildman–Crippen LogP) is 4.10. The van der Waals surface area contributed by atoms with Crippen LogP contribution >= 0.6 is 0 Å². The Kier molecular flexibility index (Phi) is 7.92. The molecule has 0 aliphatic rings. The average Bonchev–Trinajstić information content (AvgIpc) is 2.71. The molecule has 0 bridgehead atoms. The fourth-order valence-electron chi connectivity index (χ4n) is 2.41. The van der Waals surface area contributed by atoms with Crippen LogP contribution in [0.5, 0.6) is 11.5 Å². The lowest BCUT2D eigenvalue weighted by Crippen LogP contribution is -2.23. The van der Waals surface area contributed by atoms with Crippen molar-refractivity contribution < 1.29 is 14.3 Å². The fourth-order valence-corrected chi connectivity index (χ4v) is 2.41. The number of ether oxygens (including phenoxy) is 2. The number of hydrogen-bond donors (Lipinski definition) is 1. The smallest absolute Gasteiger partial charge is 0.262 e. The van der Waals surface area contributed by atoms with Crippen molar-refractivity contribution in [3.05, 3.63) is 65.2 Å². The van der Waals surface area contributed by atoms with Gasteiger partial charge in [-0.1, -0.05) is 49.7 Å². The van der Waals surface area contributed by atoms with E-state index in [0.717, 1.165) is 18.4 Å². The minimum atomic E-state index is -0.411. The molecule has 5 heteroatoms. The molecule has 0 atom stereocenters. The van der Waals surface area contributed by atoms with Gasteiger partial charge in [0, 0.05) is 6.54 Å². The van der Waals surface area contributed by atoms with Crippen LogP contribution in [-0.2, 0) is 11.3 Å². The number of carbonyl (C=O) groups is 1. The molecule has 0 aliphatic heterocycles. The molecule has 0 aliphatic carbocycles. The van der Waals surface area contributed by atoms with E-state index in [0.29, 0.717) is 30.2 Å². The van der Waals surface area contributed by atoms with Gasteiger partial charge < -0.3 is 14.8 Å². The Morgan fingerprint density at radius 1 is 1.19 bits per heavy atom. The largest absolute Gasteiger partial charge is 0.493 e. The summed E-state index contributed by atoms with van der Waals surface area (Å²) in [4.78, 5) is 12.3. The first-order valence-corrected chi connectivity index (χ1v) is 8.92. The highest BCUT2D eigenvalue weighted by Crippen LogP contribution is 2.29. The molecule has 2 aromatic carbocycles. The number of hydrogen-bond acceptors (Lipinski definition) is 4. The Morgan fingerprint density at radius 3 is 2.63 bits per heavy atom. The minimum absolute atomic E-state index is 0.0376. The van der Waals surface area contributed by atoms with E-state index in [1.54, 1.807) is 31.4 Å². The Morgan fingerprint density at radius 2 is 1.96 bits per heavy atom. The molecule has 0 heterocycles. The summed E-state index contributed by atoms with van der Waals surface area (Å²) in [5.74, 6) is 0.808. The van der Waals surface area contributed by atoms with E-state index < -0.39 is 5.91 Å². The van der Waals surface area contributed by atoms with Gasteiger partial charge in [0.05, 0.1) is 13.7 Å². The second-order valence-electron chi connectivity index (χ2n) is 5.95. The first kappa shape index (κ1) is 20.1. The second kappa shape index (κ2) is 10.7. The monoisotopic (exact) mass is 364 g/mol. The van der Waals surface area contributed by atoms with Crippen molar-refractivity contribution in [1.82, 2.24) is 5.32 Å². The molecule has 2 aromatic rings. The van der Waals surface area contributed by atoms with Gasteiger partial charge in [0.25, 0.3) is 5.91 Å². The quantitative estimate of drug-likeness (QED) is 0.413. The molecule has 2 rings (SSSR count). The highest BCUT2D eigenvalue weighted by atomic mass is 16.5. The van der Waals surface area contributed by atoms with Crippen molar-refractivity contribution in [3.8, 4) is 17.6 Å². The molecule has 5 nitrogen and oxygen atoms in total. The molecule has 0 spiro atoms. The van der Waals surface area contributed by atoms with E-state index in [1.807, 2.05) is 36.4 Å². The predicted molar refractivity (Wildman–Crippen MR) is 105 cm³/mol. The summed E-state index contributed by atoms with van der Waals surface area (Å²) >= 11 is 0. The molecule has 0 unspecified atom stereocenters. The molecule has 1 amide bonds. The van der Waals surface area contributed by atoms with Crippen molar-refractivity contribution in [3.63, 3.8) is 0 Å². The van der Waals surface area contributed by atoms with Crippen LogP contribution in [-0.4, -0.2) is 19.6 Å². The zero-order chi connectivity index (χ0) is 19.5. The van der Waals surface area contributed by atoms with E-state index in [2.05, 4.69) is 12.2 Å². The molecule has 0 aromatic heterocycles. The Balaban J connectivity index is 2.12. The van der Waals surface area contributed by atoms with E-state index in [-0.39, 0.29) is 5.57 Å². The number of nitrogens with zero attached hydrogens (tertiary/aromatic N) is 1. The maximum atomic E-state index is 12.3. The van der Waals surface area contributed by atoms with Crippen LogP contribution < -0.4 is 14.8 Å². The Hall–Kier alpha value is -3.26. The fraction of sp³-hybridized carbons (Fsp3) is 0.273. The first-order chi connectivity index (χ1) is 13.2. The Bertz CT molecular complexity index is 823. The van der Waals surface area contributed by atoms with Crippen LogP contribution in [0, 0.1) is 11.3 Å². The van der Waals surface area contributed by atoms with Crippen LogP contribution in [0.15, 0.2) is 54.1 Å². The van der Waals surface area contributed by atoms with Crippen molar-refractivity contribution in [2.24, 2.45) is 0 Å². The van der Waals surface area contributed by atoms with Crippen LogP contribution in [0.3, 0.4) is 0 Å². The van der Waals surface area contributed by atoms with Gasteiger partial charge in [-0.2, -0.15) is 5.26 Å². The summed E-state index contributed by atoms with van der Waals surface area (Å²) in [7, 11) is 1.58. The van der Waals surface area contributed by atoms with Crippen LogP contribution in [0.4, 0.5) is 0 Å². The third-order valence-electron chi connectivity index (χ3n) is 3.92. The molecule has 0 saturated carbocycles. The highest BCUT2D eigenvalue weighted by Gasteiger charge is 2.10. The molecule has 1 N–H and O–H groups in total. The third-order valence-corrected chi connectivity index (χ3v) is 3.92. The number of amides is 1. The molecule has 0 radical (unpaired) electrons. The molecule has 0 fully saturated rings. The zero-order valence-corrected chi connectivity index (χ0v) is 15.7. The number of rotatable bonds is 9. The van der Waals surface area contributed by atoms with Gasteiger partial charge in [-0.25, -0.2) is 0 Å². The summed E-state index contributed by atoms with van der Waals surface area (Å²) in [6.07, 6.45) is 3.52. The van der Waals surface area contributed by atoms with Gasteiger partial charge in [0.15, 0.2) is 11.5 Å². The van der Waals surface area contributed by atoms with Crippen LogP contribution in [0.1, 0.15) is 30.9 Å². The lowest BCUT2D eigenvalue weighted by molar-refractivity contribution is -0.117. The minimum Gasteiger partial charge on any atom is -0.493 e. The molecular formula is C22H24N2O3. The second-order valence-corrected chi connectivity index (χ2v) is 5.95. The number of carbonyl (C=O) groups excluding carboxylic acids is 1. The molecule has 0 saturated heterocycles. The van der Waals surface area contributed by atoms with Gasteiger partial charge >= 0.3 is 0 Å². The average molecular weight is 364 g/mol. The standard InChI is InChI=1S/C22H24N2O3/c1-3-4-12-27-21-14-18(10-11-20(21)26-2)13-19(15-23)22(25)24-16-17-8-6-5-7-9-17/h5-11,13-14H,3-4,12,16H2,1-2H3,(H,24,25)/b19-13+. The number of nitriles is 1. The Labute approximate surface area is 160 Å². The van der Waals surface area contributed by atoms with E-state index >= 15 is 0 Å². The number of methoxy groups -OCH3 is 1. The highest BCUT2D eigenvalue weighted by molar-refractivity contribution is 6.01. The topological polar surface area (TPSA) is 71.3 Å². The lowest BCUT2D eigenvalue weighted by Gasteiger charge is -2.11. The SMILES string of the molecule is CCCCOc1cc(/C=C(\C#N)C(=O)NCc2ccccc2)ccc1OC. The first-order valence-electron chi connectivity index (χ1n) is 8.92. The summed E-state index contributed by atoms with van der Waals surface area (Å²) in [5.41, 5.74) is 1.71. The van der Waals surface area contributed by atoms with Crippen LogP contribution in [0.25, 0.3) is 6.08 Å². The van der Waals surface area contributed by atoms with Gasteiger partial charge in [-0.3, -0.25) is 4.79 Å². The van der Waals surface area contributed by atoms with E-state index in [1.165, 1.54) is 0 Å². The van der Waals surface area contributed by atoms with Crippen molar-refractivity contribution in [2.75, 3.05) is 13.7 Å². The van der Waals surface area contributed by atoms with Gasteiger partial charge in [-0.15, -0.1) is 0 Å². The normalized spacial score (nSPS) is 10.8. The summed E-state index contributed by atoms with van der Waals surface area (Å²) < 4.78 is 11.1. The summed E-state index contributed by atoms with van der Waals surface area (Å²) in [5, 5.41) is 12.1.